The third-order valence-corrected chi connectivity index (χ3v) is 4.72. The normalized spacial score (nSPS) is 11.0. The van der Waals surface area contributed by atoms with Gasteiger partial charge in [-0.25, -0.2) is 14.8 Å². The van der Waals surface area contributed by atoms with Gasteiger partial charge in [-0.2, -0.15) is 0 Å². The number of ether oxygens (including phenoxy) is 1. The number of hydrogen-bond donors (Lipinski definition) is 0. The first kappa shape index (κ1) is 17.8. The Kier molecular flexibility index (Phi) is 4.59. The van der Waals surface area contributed by atoms with Crippen molar-refractivity contribution in [1.82, 2.24) is 14.5 Å². The van der Waals surface area contributed by atoms with E-state index in [4.69, 9.17) is 4.74 Å². The molecule has 2 aromatic heterocycles. The number of nitrogens with zero attached hydrogens (tertiary/aromatic N) is 3. The molecule has 0 fully saturated rings. The predicted molar refractivity (Wildman–Crippen MR) is 98.5 cm³/mol. The molecule has 0 spiro atoms. The largest absolute Gasteiger partial charge is 0.454 e. The molecule has 0 saturated heterocycles. The summed E-state index contributed by atoms with van der Waals surface area (Å²) in [5, 5.41) is 0. The second kappa shape index (κ2) is 6.71. The standard InChI is InChI=1S/C20H21N3O3/c1-11-8-16(14(4)23(11)5)19(24)10-26-20(25)15-6-7-17-18(9-15)22-13(3)12(2)21-17/h6-9H,10H2,1-5H3. The average molecular weight is 351 g/mol. The van der Waals surface area contributed by atoms with Crippen molar-refractivity contribution in [2.75, 3.05) is 6.61 Å². The van der Waals surface area contributed by atoms with Crippen LogP contribution in [-0.4, -0.2) is 32.9 Å². The molecule has 0 N–H and O–H groups in total. The number of Topliss-reactive ketones (excluding diaryl/α,β-unsaturated/α-hetero) is 1. The minimum Gasteiger partial charge on any atom is -0.454 e. The minimum absolute atomic E-state index is 0.216. The molecule has 0 atom stereocenters. The van der Waals surface area contributed by atoms with E-state index in [1.807, 2.05) is 45.4 Å². The van der Waals surface area contributed by atoms with E-state index in [2.05, 4.69) is 9.97 Å². The second-order valence-corrected chi connectivity index (χ2v) is 6.44. The van der Waals surface area contributed by atoms with Crippen LogP contribution in [0.1, 0.15) is 43.5 Å². The third kappa shape index (κ3) is 3.22. The lowest BCUT2D eigenvalue weighted by Gasteiger charge is -2.07. The maximum Gasteiger partial charge on any atom is 0.338 e. The molecule has 2 heterocycles. The predicted octanol–water partition coefficient (Wildman–Crippen LogP) is 3.24. The van der Waals surface area contributed by atoms with Crippen molar-refractivity contribution >= 4 is 22.8 Å². The van der Waals surface area contributed by atoms with Gasteiger partial charge in [-0.3, -0.25) is 4.79 Å². The van der Waals surface area contributed by atoms with Gasteiger partial charge in [0.2, 0.25) is 5.78 Å². The number of aryl methyl sites for hydroxylation is 3. The lowest BCUT2D eigenvalue weighted by molar-refractivity contribution is 0.0474. The summed E-state index contributed by atoms with van der Waals surface area (Å²) >= 11 is 0. The highest BCUT2D eigenvalue weighted by molar-refractivity contribution is 6.01. The first-order valence-corrected chi connectivity index (χ1v) is 8.36. The monoisotopic (exact) mass is 351 g/mol. The number of ketones is 1. The Morgan fingerprint density at radius 1 is 1.00 bits per heavy atom. The number of rotatable bonds is 4. The van der Waals surface area contributed by atoms with E-state index in [0.717, 1.165) is 28.3 Å². The summed E-state index contributed by atoms with van der Waals surface area (Å²) in [7, 11) is 1.90. The van der Waals surface area contributed by atoms with Crippen LogP contribution in [0.3, 0.4) is 0 Å². The Labute approximate surface area is 151 Å². The summed E-state index contributed by atoms with van der Waals surface area (Å²) in [5.41, 5.74) is 5.78. The average Bonchev–Trinajstić information content (AvgIpc) is 2.87. The summed E-state index contributed by atoms with van der Waals surface area (Å²) in [6.45, 7) is 7.27. The van der Waals surface area contributed by atoms with Gasteiger partial charge in [0.1, 0.15) is 0 Å². The van der Waals surface area contributed by atoms with Crippen LogP contribution in [0.5, 0.6) is 0 Å². The van der Waals surface area contributed by atoms with E-state index in [0.29, 0.717) is 16.6 Å². The number of aromatic nitrogens is 3. The van der Waals surface area contributed by atoms with Crippen molar-refractivity contribution in [2.45, 2.75) is 27.7 Å². The number of fused-ring (bicyclic) bond motifs is 1. The van der Waals surface area contributed by atoms with Crippen LogP contribution in [-0.2, 0) is 11.8 Å². The molecule has 134 valence electrons. The van der Waals surface area contributed by atoms with E-state index >= 15 is 0 Å². The smallest absolute Gasteiger partial charge is 0.338 e. The van der Waals surface area contributed by atoms with Crippen LogP contribution < -0.4 is 0 Å². The van der Waals surface area contributed by atoms with Gasteiger partial charge in [-0.15, -0.1) is 0 Å². The summed E-state index contributed by atoms with van der Waals surface area (Å²) in [6, 6.07) is 6.82. The van der Waals surface area contributed by atoms with Crippen molar-refractivity contribution in [3.8, 4) is 0 Å². The van der Waals surface area contributed by atoms with E-state index in [-0.39, 0.29) is 12.4 Å². The van der Waals surface area contributed by atoms with Gasteiger partial charge < -0.3 is 9.30 Å². The van der Waals surface area contributed by atoms with Crippen LogP contribution in [0, 0.1) is 27.7 Å². The molecule has 3 aromatic rings. The zero-order valence-electron chi connectivity index (χ0n) is 15.6. The summed E-state index contributed by atoms with van der Waals surface area (Å²) in [6.07, 6.45) is 0. The molecule has 6 heteroatoms. The van der Waals surface area contributed by atoms with Crippen molar-refractivity contribution in [2.24, 2.45) is 7.05 Å². The SMILES string of the molecule is Cc1nc2ccc(C(=O)OCC(=O)c3cc(C)n(C)c3C)cc2nc1C. The lowest BCUT2D eigenvalue weighted by Crippen LogP contribution is -2.15. The minimum atomic E-state index is -0.550. The molecule has 1 aromatic carbocycles. The Morgan fingerprint density at radius 2 is 1.65 bits per heavy atom. The molecule has 0 radical (unpaired) electrons. The van der Waals surface area contributed by atoms with Gasteiger partial charge in [0.15, 0.2) is 6.61 Å². The van der Waals surface area contributed by atoms with Crippen molar-refractivity contribution in [3.63, 3.8) is 0 Å². The zero-order chi connectivity index (χ0) is 19.0. The molecular formula is C20H21N3O3. The number of carbonyl (C=O) groups excluding carboxylic acids is 2. The summed E-state index contributed by atoms with van der Waals surface area (Å²) in [4.78, 5) is 33.5. The van der Waals surface area contributed by atoms with Crippen LogP contribution in [0.25, 0.3) is 11.0 Å². The molecule has 0 aliphatic rings. The van der Waals surface area contributed by atoms with E-state index in [9.17, 15) is 9.59 Å². The fourth-order valence-electron chi connectivity index (χ4n) is 2.79. The van der Waals surface area contributed by atoms with Gasteiger partial charge in [0.05, 0.1) is 28.0 Å². The highest BCUT2D eigenvalue weighted by Gasteiger charge is 2.17. The fourth-order valence-corrected chi connectivity index (χ4v) is 2.79. The lowest BCUT2D eigenvalue weighted by atomic mass is 10.1. The maximum absolute atomic E-state index is 12.3. The first-order valence-electron chi connectivity index (χ1n) is 8.36. The van der Waals surface area contributed by atoms with Gasteiger partial charge in [0.25, 0.3) is 0 Å². The molecule has 0 bridgehead atoms. The zero-order valence-corrected chi connectivity index (χ0v) is 15.6. The highest BCUT2D eigenvalue weighted by atomic mass is 16.5. The van der Waals surface area contributed by atoms with E-state index < -0.39 is 5.97 Å². The maximum atomic E-state index is 12.3. The van der Waals surface area contributed by atoms with Gasteiger partial charge in [-0.05, 0) is 52.0 Å². The Bertz CT molecular complexity index is 1030. The number of esters is 1. The summed E-state index contributed by atoms with van der Waals surface area (Å²) in [5.74, 6) is -0.766. The van der Waals surface area contributed by atoms with Crippen molar-refractivity contribution in [3.05, 3.63) is 58.2 Å². The van der Waals surface area contributed by atoms with Crippen LogP contribution in [0.2, 0.25) is 0 Å². The molecular weight excluding hydrogens is 330 g/mol. The number of hydrogen-bond acceptors (Lipinski definition) is 5. The van der Waals surface area contributed by atoms with E-state index in [1.165, 1.54) is 0 Å². The third-order valence-electron chi connectivity index (χ3n) is 4.72. The summed E-state index contributed by atoms with van der Waals surface area (Å²) < 4.78 is 7.14. The first-order chi connectivity index (χ1) is 12.3. The molecule has 0 unspecified atom stereocenters. The number of carbonyl (C=O) groups is 2. The van der Waals surface area contributed by atoms with Gasteiger partial charge in [-0.1, -0.05) is 0 Å². The Balaban J connectivity index is 1.75. The molecule has 0 amide bonds. The van der Waals surface area contributed by atoms with Gasteiger partial charge in [0, 0.05) is 24.0 Å². The van der Waals surface area contributed by atoms with Crippen LogP contribution in [0.4, 0.5) is 0 Å². The molecule has 6 nitrogen and oxygen atoms in total. The Morgan fingerprint density at radius 3 is 2.27 bits per heavy atom. The van der Waals surface area contributed by atoms with Crippen LogP contribution >= 0.6 is 0 Å². The molecule has 3 rings (SSSR count). The van der Waals surface area contributed by atoms with E-state index in [1.54, 1.807) is 18.2 Å². The molecule has 0 saturated carbocycles. The topological polar surface area (TPSA) is 74.1 Å². The quantitative estimate of drug-likeness (QED) is 0.533. The fraction of sp³-hybridized carbons (Fsp3) is 0.300. The Hall–Kier alpha value is -3.02. The molecule has 0 aliphatic carbocycles. The molecule has 0 aliphatic heterocycles. The van der Waals surface area contributed by atoms with Gasteiger partial charge >= 0.3 is 5.97 Å². The van der Waals surface area contributed by atoms with Crippen molar-refractivity contribution < 1.29 is 14.3 Å². The van der Waals surface area contributed by atoms with Crippen LogP contribution in [0.15, 0.2) is 24.3 Å². The van der Waals surface area contributed by atoms with Crippen molar-refractivity contribution in [1.29, 1.82) is 0 Å². The molecule has 26 heavy (non-hydrogen) atoms. The second-order valence-electron chi connectivity index (χ2n) is 6.44. The number of benzene rings is 1. The highest BCUT2D eigenvalue weighted by Crippen LogP contribution is 2.17.